The Labute approximate surface area is 94.6 Å². The molecular weight excluding hydrogens is 237 g/mol. The number of hydrogen-bond donors (Lipinski definition) is 0. The molecule has 0 fully saturated rings. The van der Waals surface area contributed by atoms with E-state index in [9.17, 15) is 18.0 Å². The molecule has 0 radical (unpaired) electrons. The van der Waals surface area contributed by atoms with Crippen LogP contribution < -0.4 is 0 Å². The van der Waals surface area contributed by atoms with Crippen molar-refractivity contribution in [2.45, 2.75) is 13.3 Å². The van der Waals surface area contributed by atoms with Gasteiger partial charge in [-0.25, -0.2) is 18.0 Å². The molecule has 0 aliphatic rings. The molecular formula is C10H7F3N2O2. The van der Waals surface area contributed by atoms with Crippen LogP contribution in [0.3, 0.4) is 0 Å². The van der Waals surface area contributed by atoms with Crippen molar-refractivity contribution in [3.8, 4) is 6.07 Å². The van der Waals surface area contributed by atoms with Gasteiger partial charge in [-0.15, -0.1) is 0 Å². The fraction of sp³-hybridized carbons (Fsp3) is 0.300. The van der Waals surface area contributed by atoms with Gasteiger partial charge in [-0.05, 0) is 6.92 Å². The van der Waals surface area contributed by atoms with Gasteiger partial charge in [0.15, 0.2) is 5.82 Å². The largest absolute Gasteiger partial charge is 0.462 e. The van der Waals surface area contributed by atoms with Gasteiger partial charge in [-0.2, -0.15) is 5.26 Å². The Kier molecular flexibility index (Phi) is 4.04. The maximum atomic E-state index is 13.3. The van der Waals surface area contributed by atoms with Crippen LogP contribution in [0, 0.1) is 17.1 Å². The number of nitrogens with zero attached hydrogens (tertiary/aromatic N) is 2. The fourth-order valence-corrected chi connectivity index (χ4v) is 1.18. The first kappa shape index (κ1) is 13.0. The van der Waals surface area contributed by atoms with E-state index in [0.29, 0.717) is 6.20 Å². The molecule has 0 aliphatic heterocycles. The first-order valence-corrected chi connectivity index (χ1v) is 4.56. The summed E-state index contributed by atoms with van der Waals surface area (Å²) >= 11 is 0. The predicted octanol–water partition coefficient (Wildman–Crippen LogP) is 2.21. The fourth-order valence-electron chi connectivity index (χ4n) is 1.18. The molecule has 4 nitrogen and oxygen atoms in total. The minimum absolute atomic E-state index is 0.0600. The number of pyridine rings is 1. The number of aromatic nitrogens is 1. The third-order valence-electron chi connectivity index (χ3n) is 1.86. The molecule has 90 valence electrons. The highest BCUT2D eigenvalue weighted by Gasteiger charge is 2.26. The van der Waals surface area contributed by atoms with Gasteiger partial charge in [0.25, 0.3) is 6.43 Å². The van der Waals surface area contributed by atoms with Crippen LogP contribution in [-0.2, 0) is 4.74 Å². The standard InChI is InChI=1S/C10H7F3N2O2/c1-2-17-10(16)7-5(3-14)8(9(12)13)15-4-6(7)11/h4,9H,2H2,1H3. The van der Waals surface area contributed by atoms with Crippen LogP contribution in [0.4, 0.5) is 13.2 Å². The molecule has 7 heteroatoms. The number of carbonyl (C=O) groups excluding carboxylic acids is 1. The second-order valence-electron chi connectivity index (χ2n) is 2.87. The van der Waals surface area contributed by atoms with E-state index >= 15 is 0 Å². The van der Waals surface area contributed by atoms with Crippen molar-refractivity contribution in [1.82, 2.24) is 4.98 Å². The van der Waals surface area contributed by atoms with Crippen LogP contribution >= 0.6 is 0 Å². The van der Waals surface area contributed by atoms with E-state index in [-0.39, 0.29) is 6.61 Å². The van der Waals surface area contributed by atoms with Crippen LogP contribution in [0.15, 0.2) is 6.20 Å². The summed E-state index contributed by atoms with van der Waals surface area (Å²) in [6.07, 6.45) is -2.60. The molecule has 0 saturated heterocycles. The lowest BCUT2D eigenvalue weighted by molar-refractivity contribution is 0.0519. The lowest BCUT2D eigenvalue weighted by atomic mass is 10.1. The summed E-state index contributed by atoms with van der Waals surface area (Å²) in [5.41, 5.74) is -2.53. The molecule has 0 atom stereocenters. The van der Waals surface area contributed by atoms with Crippen LogP contribution in [0.2, 0.25) is 0 Å². The number of hydrogen-bond acceptors (Lipinski definition) is 4. The number of carbonyl (C=O) groups is 1. The summed E-state index contributed by atoms with van der Waals surface area (Å²) in [4.78, 5) is 14.4. The van der Waals surface area contributed by atoms with Crippen molar-refractivity contribution in [3.05, 3.63) is 28.8 Å². The quantitative estimate of drug-likeness (QED) is 0.764. The van der Waals surface area contributed by atoms with E-state index in [0.717, 1.165) is 0 Å². The molecule has 0 amide bonds. The number of esters is 1. The second kappa shape index (κ2) is 5.30. The van der Waals surface area contributed by atoms with Crippen LogP contribution in [0.1, 0.15) is 35.0 Å². The molecule has 1 rings (SSSR count). The number of halogens is 3. The van der Waals surface area contributed by atoms with E-state index in [1.807, 2.05) is 0 Å². The first-order valence-electron chi connectivity index (χ1n) is 4.56. The van der Waals surface area contributed by atoms with E-state index in [1.165, 1.54) is 13.0 Å². The van der Waals surface area contributed by atoms with E-state index in [1.54, 1.807) is 0 Å². The highest BCUT2D eigenvalue weighted by molar-refractivity contribution is 5.92. The molecule has 0 aromatic carbocycles. The van der Waals surface area contributed by atoms with Crippen molar-refractivity contribution in [3.63, 3.8) is 0 Å². The van der Waals surface area contributed by atoms with Crippen LogP contribution in [-0.4, -0.2) is 17.6 Å². The topological polar surface area (TPSA) is 63.0 Å². The zero-order valence-corrected chi connectivity index (χ0v) is 8.71. The smallest absolute Gasteiger partial charge is 0.342 e. The lowest BCUT2D eigenvalue weighted by Gasteiger charge is -2.08. The average molecular weight is 244 g/mol. The molecule has 0 saturated carbocycles. The maximum Gasteiger partial charge on any atom is 0.342 e. The summed E-state index contributed by atoms with van der Waals surface area (Å²) in [5, 5.41) is 8.69. The van der Waals surface area contributed by atoms with Crippen LogP contribution in [0.5, 0.6) is 0 Å². The Morgan fingerprint density at radius 1 is 1.65 bits per heavy atom. The average Bonchev–Trinajstić information content (AvgIpc) is 2.28. The molecule has 0 spiro atoms. The Morgan fingerprint density at radius 2 is 2.29 bits per heavy atom. The third kappa shape index (κ3) is 2.53. The summed E-state index contributed by atoms with van der Waals surface area (Å²) in [6, 6.07) is 1.34. The maximum absolute atomic E-state index is 13.3. The number of nitriles is 1. The first-order chi connectivity index (χ1) is 8.02. The summed E-state index contributed by atoms with van der Waals surface area (Å²) in [5.74, 6) is -2.32. The zero-order chi connectivity index (χ0) is 13.0. The Morgan fingerprint density at radius 3 is 2.76 bits per heavy atom. The van der Waals surface area contributed by atoms with Gasteiger partial charge in [0, 0.05) is 0 Å². The van der Waals surface area contributed by atoms with E-state index < -0.39 is 35.0 Å². The van der Waals surface area contributed by atoms with Gasteiger partial charge < -0.3 is 4.74 Å². The van der Waals surface area contributed by atoms with Gasteiger partial charge in [0.2, 0.25) is 0 Å². The Balaban J connectivity index is 3.42. The molecule has 1 heterocycles. The summed E-state index contributed by atoms with van der Waals surface area (Å²) in [7, 11) is 0. The predicted molar refractivity (Wildman–Crippen MR) is 49.8 cm³/mol. The SMILES string of the molecule is CCOC(=O)c1c(F)cnc(C(F)F)c1C#N. The minimum Gasteiger partial charge on any atom is -0.462 e. The number of alkyl halides is 2. The lowest BCUT2D eigenvalue weighted by Crippen LogP contribution is -2.13. The van der Waals surface area contributed by atoms with E-state index in [4.69, 9.17) is 5.26 Å². The van der Waals surface area contributed by atoms with Gasteiger partial charge in [-0.3, -0.25) is 4.98 Å². The molecule has 0 bridgehead atoms. The van der Waals surface area contributed by atoms with E-state index in [2.05, 4.69) is 9.72 Å². The molecule has 0 N–H and O–H groups in total. The van der Waals surface area contributed by atoms with Crippen LogP contribution in [0.25, 0.3) is 0 Å². The molecule has 0 unspecified atom stereocenters. The monoisotopic (exact) mass is 244 g/mol. The van der Waals surface area contributed by atoms with Crippen molar-refractivity contribution in [1.29, 1.82) is 5.26 Å². The number of rotatable bonds is 3. The van der Waals surface area contributed by atoms with Gasteiger partial charge in [0.05, 0.1) is 18.4 Å². The molecule has 0 aliphatic carbocycles. The minimum atomic E-state index is -3.07. The molecule has 17 heavy (non-hydrogen) atoms. The van der Waals surface area contributed by atoms with Gasteiger partial charge >= 0.3 is 5.97 Å². The normalized spacial score (nSPS) is 10.1. The van der Waals surface area contributed by atoms with Gasteiger partial charge in [-0.1, -0.05) is 0 Å². The van der Waals surface area contributed by atoms with Crippen molar-refractivity contribution < 1.29 is 22.7 Å². The Bertz CT molecular complexity index is 483. The molecule has 1 aromatic heterocycles. The highest BCUT2D eigenvalue weighted by atomic mass is 19.3. The second-order valence-corrected chi connectivity index (χ2v) is 2.87. The van der Waals surface area contributed by atoms with Crippen molar-refractivity contribution >= 4 is 5.97 Å². The van der Waals surface area contributed by atoms with Crippen molar-refractivity contribution in [2.24, 2.45) is 0 Å². The third-order valence-corrected chi connectivity index (χ3v) is 1.86. The Hall–Kier alpha value is -2.10. The highest BCUT2D eigenvalue weighted by Crippen LogP contribution is 2.24. The van der Waals surface area contributed by atoms with Gasteiger partial charge in [0.1, 0.15) is 17.3 Å². The van der Waals surface area contributed by atoms with Crippen molar-refractivity contribution in [2.75, 3.05) is 6.61 Å². The number of ether oxygens (including phenoxy) is 1. The zero-order valence-electron chi connectivity index (χ0n) is 8.71. The molecule has 1 aromatic rings. The summed E-state index contributed by atoms with van der Waals surface area (Å²) < 4.78 is 42.8. The summed E-state index contributed by atoms with van der Waals surface area (Å²) in [6.45, 7) is 1.41.